The first kappa shape index (κ1) is 18.5. The molecule has 1 unspecified atom stereocenters. The predicted molar refractivity (Wildman–Crippen MR) is 101 cm³/mol. The Labute approximate surface area is 158 Å². The number of hydrogen-bond acceptors (Lipinski definition) is 4. The average molecular weight is 374 g/mol. The summed E-state index contributed by atoms with van der Waals surface area (Å²) in [6.45, 7) is 3.61. The zero-order valence-electron chi connectivity index (χ0n) is 14.3. The van der Waals surface area contributed by atoms with Gasteiger partial charge in [0, 0.05) is 50.8 Å². The monoisotopic (exact) mass is 373 g/mol. The molecule has 136 valence electrons. The maximum absolute atomic E-state index is 13.1. The van der Waals surface area contributed by atoms with Gasteiger partial charge >= 0.3 is 0 Å². The molecule has 0 saturated carbocycles. The van der Waals surface area contributed by atoms with Gasteiger partial charge in [-0.25, -0.2) is 9.07 Å². The van der Waals surface area contributed by atoms with Crippen LogP contribution in [0.15, 0.2) is 61.1 Å². The van der Waals surface area contributed by atoms with Crippen LogP contribution in [0.2, 0.25) is 0 Å². The summed E-state index contributed by atoms with van der Waals surface area (Å²) in [5.74, 6) is -0.240. The second kappa shape index (κ2) is 8.40. The second-order valence-corrected chi connectivity index (χ2v) is 6.20. The molecule has 1 atom stereocenters. The Balaban J connectivity index is 0.00000196. The maximum atomic E-state index is 13.1. The molecule has 1 N–H and O–H groups in total. The molecular formula is C19H21ClFN5. The molecule has 0 bridgehead atoms. The Morgan fingerprint density at radius 3 is 2.77 bits per heavy atom. The van der Waals surface area contributed by atoms with Crippen LogP contribution in [0.3, 0.4) is 0 Å². The van der Waals surface area contributed by atoms with Crippen molar-refractivity contribution in [2.75, 3.05) is 19.6 Å². The lowest BCUT2D eigenvalue weighted by Gasteiger charge is -2.35. The second-order valence-electron chi connectivity index (χ2n) is 6.20. The van der Waals surface area contributed by atoms with Crippen molar-refractivity contribution >= 4 is 12.4 Å². The third kappa shape index (κ3) is 4.09. The van der Waals surface area contributed by atoms with Crippen molar-refractivity contribution in [3.05, 3.63) is 78.1 Å². The van der Waals surface area contributed by atoms with Crippen molar-refractivity contribution in [2.45, 2.75) is 12.6 Å². The molecule has 7 heteroatoms. The number of rotatable bonds is 4. The molecule has 0 spiro atoms. The van der Waals surface area contributed by atoms with E-state index in [1.54, 1.807) is 23.0 Å². The summed E-state index contributed by atoms with van der Waals surface area (Å²) >= 11 is 0. The summed E-state index contributed by atoms with van der Waals surface area (Å²) in [7, 11) is 0. The molecule has 2 aromatic heterocycles. The minimum atomic E-state index is -0.240. The summed E-state index contributed by atoms with van der Waals surface area (Å²) in [6.07, 6.45) is 5.65. The van der Waals surface area contributed by atoms with Crippen molar-refractivity contribution in [2.24, 2.45) is 0 Å². The highest BCUT2D eigenvalue weighted by atomic mass is 35.5. The molecule has 1 aliphatic heterocycles. The Morgan fingerprint density at radius 1 is 1.15 bits per heavy atom. The van der Waals surface area contributed by atoms with Crippen LogP contribution in [-0.4, -0.2) is 39.3 Å². The fraction of sp³-hybridized carbons (Fsp3) is 0.263. The summed E-state index contributed by atoms with van der Waals surface area (Å²) in [5.41, 5.74) is 3.07. The highest BCUT2D eigenvalue weighted by molar-refractivity contribution is 5.85. The molecule has 3 aromatic rings. The molecule has 1 saturated heterocycles. The standard InChI is InChI=1S/C19H20FN5.ClH/c20-16-3-5-18(6-4-16)25-10-7-17(23-25)14-24-11-9-22-13-19(24)15-2-1-8-21-12-15;/h1-8,10,12,19,22H,9,11,13-14H2;1H. The number of halogens is 2. The van der Waals surface area contributed by atoms with Crippen molar-refractivity contribution in [3.8, 4) is 5.69 Å². The van der Waals surface area contributed by atoms with Gasteiger partial charge in [-0.15, -0.1) is 12.4 Å². The largest absolute Gasteiger partial charge is 0.314 e. The van der Waals surface area contributed by atoms with Crippen LogP contribution in [0.25, 0.3) is 5.69 Å². The lowest BCUT2D eigenvalue weighted by Crippen LogP contribution is -2.45. The van der Waals surface area contributed by atoms with Crippen molar-refractivity contribution < 1.29 is 4.39 Å². The van der Waals surface area contributed by atoms with Crippen molar-refractivity contribution in [3.63, 3.8) is 0 Å². The highest BCUT2D eigenvalue weighted by Crippen LogP contribution is 2.23. The molecule has 4 rings (SSSR count). The first-order valence-electron chi connectivity index (χ1n) is 8.45. The van der Waals surface area contributed by atoms with Crippen LogP contribution in [0.4, 0.5) is 4.39 Å². The molecule has 26 heavy (non-hydrogen) atoms. The molecule has 1 fully saturated rings. The fourth-order valence-electron chi connectivity index (χ4n) is 3.23. The normalized spacial score (nSPS) is 17.7. The van der Waals surface area contributed by atoms with Gasteiger partial charge in [-0.05, 0) is 42.0 Å². The predicted octanol–water partition coefficient (Wildman–Crippen LogP) is 2.97. The zero-order valence-corrected chi connectivity index (χ0v) is 15.1. The first-order valence-corrected chi connectivity index (χ1v) is 8.45. The van der Waals surface area contributed by atoms with Crippen molar-refractivity contribution in [1.82, 2.24) is 25.0 Å². The van der Waals surface area contributed by atoms with E-state index in [0.29, 0.717) is 6.04 Å². The van der Waals surface area contributed by atoms with Gasteiger partial charge in [0.2, 0.25) is 0 Å². The molecule has 3 heterocycles. The Kier molecular flexibility index (Phi) is 5.98. The van der Waals surface area contributed by atoms with E-state index in [1.807, 2.05) is 24.5 Å². The average Bonchev–Trinajstić information content (AvgIpc) is 3.12. The fourth-order valence-corrected chi connectivity index (χ4v) is 3.23. The van der Waals surface area contributed by atoms with Crippen LogP contribution < -0.4 is 5.32 Å². The molecule has 1 aliphatic rings. The minimum absolute atomic E-state index is 0. The van der Waals surface area contributed by atoms with E-state index in [1.165, 1.54) is 17.7 Å². The van der Waals surface area contributed by atoms with Crippen LogP contribution in [0.5, 0.6) is 0 Å². The van der Waals surface area contributed by atoms with E-state index < -0.39 is 0 Å². The quantitative estimate of drug-likeness (QED) is 0.763. The summed E-state index contributed by atoms with van der Waals surface area (Å²) < 4.78 is 14.9. The van der Waals surface area contributed by atoms with Crippen molar-refractivity contribution in [1.29, 1.82) is 0 Å². The summed E-state index contributed by atoms with van der Waals surface area (Å²) in [5, 5.41) is 8.10. The lowest BCUT2D eigenvalue weighted by atomic mass is 10.1. The number of hydrogen-bond donors (Lipinski definition) is 1. The van der Waals surface area contributed by atoms with E-state index in [-0.39, 0.29) is 18.2 Å². The van der Waals surface area contributed by atoms with Crippen LogP contribution >= 0.6 is 12.4 Å². The maximum Gasteiger partial charge on any atom is 0.123 e. The molecular weight excluding hydrogens is 353 g/mol. The van der Waals surface area contributed by atoms with Gasteiger partial charge in [0.15, 0.2) is 0 Å². The van der Waals surface area contributed by atoms with Gasteiger partial charge in [-0.2, -0.15) is 5.10 Å². The van der Waals surface area contributed by atoms with Gasteiger partial charge in [0.05, 0.1) is 11.4 Å². The first-order chi connectivity index (χ1) is 12.3. The Hall–Kier alpha value is -2.28. The van der Waals surface area contributed by atoms with Gasteiger partial charge in [0.25, 0.3) is 0 Å². The molecule has 0 aliphatic carbocycles. The number of pyridine rings is 1. The van der Waals surface area contributed by atoms with Gasteiger partial charge in [-0.1, -0.05) is 6.07 Å². The number of piperazine rings is 1. The van der Waals surface area contributed by atoms with Gasteiger partial charge in [-0.3, -0.25) is 9.88 Å². The molecule has 5 nitrogen and oxygen atoms in total. The van der Waals surface area contributed by atoms with Gasteiger partial charge < -0.3 is 5.32 Å². The number of nitrogens with zero attached hydrogens (tertiary/aromatic N) is 4. The van der Waals surface area contributed by atoms with E-state index in [0.717, 1.165) is 37.6 Å². The molecule has 0 amide bonds. The number of aromatic nitrogens is 3. The van der Waals surface area contributed by atoms with Crippen LogP contribution in [0.1, 0.15) is 17.3 Å². The SMILES string of the molecule is Cl.Fc1ccc(-n2ccc(CN3CCNCC3c3cccnc3)n2)cc1. The highest BCUT2D eigenvalue weighted by Gasteiger charge is 2.24. The van der Waals surface area contributed by atoms with Gasteiger partial charge in [0.1, 0.15) is 5.82 Å². The van der Waals surface area contributed by atoms with E-state index in [2.05, 4.69) is 26.4 Å². The zero-order chi connectivity index (χ0) is 17.1. The third-order valence-corrected chi connectivity index (χ3v) is 4.52. The lowest BCUT2D eigenvalue weighted by molar-refractivity contribution is 0.151. The third-order valence-electron chi connectivity index (χ3n) is 4.52. The van der Waals surface area contributed by atoms with Crippen LogP contribution in [0, 0.1) is 5.82 Å². The number of benzene rings is 1. The Bertz CT molecular complexity index is 821. The van der Waals surface area contributed by atoms with E-state index in [9.17, 15) is 4.39 Å². The smallest absolute Gasteiger partial charge is 0.123 e. The minimum Gasteiger partial charge on any atom is -0.314 e. The van der Waals surface area contributed by atoms with E-state index in [4.69, 9.17) is 0 Å². The summed E-state index contributed by atoms with van der Waals surface area (Å²) in [6, 6.07) is 12.8. The summed E-state index contributed by atoms with van der Waals surface area (Å²) in [4.78, 5) is 6.67. The Morgan fingerprint density at radius 2 is 2.00 bits per heavy atom. The topological polar surface area (TPSA) is 46.0 Å². The number of nitrogens with one attached hydrogen (secondary N) is 1. The molecule has 1 aromatic carbocycles. The molecule has 0 radical (unpaired) electrons. The van der Waals surface area contributed by atoms with Crippen LogP contribution in [-0.2, 0) is 6.54 Å². The van der Waals surface area contributed by atoms with E-state index >= 15 is 0 Å².